The van der Waals surface area contributed by atoms with Crippen LogP contribution in [0.25, 0.3) is 0 Å². The topological polar surface area (TPSA) is 225 Å². The highest BCUT2D eigenvalue weighted by molar-refractivity contribution is 5.94. The summed E-state index contributed by atoms with van der Waals surface area (Å²) in [7, 11) is 0. The van der Waals surface area contributed by atoms with Crippen molar-refractivity contribution >= 4 is 35.6 Å². The van der Waals surface area contributed by atoms with Crippen molar-refractivity contribution in [2.24, 2.45) is 11.7 Å². The molecule has 176 valence electrons. The van der Waals surface area contributed by atoms with Crippen LogP contribution in [0.4, 0.5) is 0 Å². The summed E-state index contributed by atoms with van der Waals surface area (Å²) >= 11 is 0. The van der Waals surface area contributed by atoms with Crippen LogP contribution in [-0.2, 0) is 28.8 Å². The van der Waals surface area contributed by atoms with Crippen LogP contribution in [0, 0.1) is 5.92 Å². The standard InChI is InChI=1S/C18H30N4O9/c1-8(2)14(18(30)31)22-17(29)11(5-7-13(25)26)21-16(28)10(4-6-12(23)24)20-15(27)9(3)19/h8-11,14H,4-7,19H2,1-3H3,(H,20,27)(H,21,28)(H,22,29)(H,23,24)(H,25,26)(H,30,31)/t9-,10-,11-,14-/m0/s1. The van der Waals surface area contributed by atoms with Gasteiger partial charge in [-0.05, 0) is 25.7 Å². The van der Waals surface area contributed by atoms with Crippen molar-refractivity contribution in [2.45, 2.75) is 70.6 Å². The molecular weight excluding hydrogens is 416 g/mol. The first-order valence-electron chi connectivity index (χ1n) is 9.59. The van der Waals surface area contributed by atoms with E-state index < -0.39 is 78.6 Å². The molecule has 0 heterocycles. The van der Waals surface area contributed by atoms with E-state index in [0.717, 1.165) is 0 Å². The molecule has 0 bridgehead atoms. The highest BCUT2D eigenvalue weighted by Crippen LogP contribution is 2.07. The van der Waals surface area contributed by atoms with E-state index in [1.165, 1.54) is 6.92 Å². The molecule has 4 atom stereocenters. The van der Waals surface area contributed by atoms with Crippen LogP contribution in [0.3, 0.4) is 0 Å². The molecule has 0 saturated heterocycles. The van der Waals surface area contributed by atoms with Crippen LogP contribution in [0.1, 0.15) is 46.5 Å². The summed E-state index contributed by atoms with van der Waals surface area (Å²) < 4.78 is 0. The lowest BCUT2D eigenvalue weighted by atomic mass is 10.0. The monoisotopic (exact) mass is 446 g/mol. The summed E-state index contributed by atoms with van der Waals surface area (Å²) in [5, 5.41) is 33.8. The Balaban J connectivity index is 5.53. The van der Waals surface area contributed by atoms with E-state index in [1.54, 1.807) is 13.8 Å². The van der Waals surface area contributed by atoms with E-state index in [4.69, 9.17) is 15.9 Å². The Morgan fingerprint density at radius 1 is 0.710 bits per heavy atom. The molecule has 13 heteroatoms. The SMILES string of the molecule is CC(C)[C@H](NC(=O)[C@H](CCC(=O)O)NC(=O)[C@H](CCC(=O)O)NC(=O)[C@H](C)N)C(=O)O. The van der Waals surface area contributed by atoms with Gasteiger partial charge in [-0.25, -0.2) is 4.79 Å². The van der Waals surface area contributed by atoms with Crippen LogP contribution in [0.2, 0.25) is 0 Å². The third-order valence-corrected chi connectivity index (χ3v) is 4.20. The smallest absolute Gasteiger partial charge is 0.326 e. The van der Waals surface area contributed by atoms with E-state index in [1.807, 2.05) is 0 Å². The summed E-state index contributed by atoms with van der Waals surface area (Å²) in [5.41, 5.74) is 5.44. The third kappa shape index (κ3) is 10.9. The summed E-state index contributed by atoms with van der Waals surface area (Å²) in [4.78, 5) is 70.1. The Morgan fingerprint density at radius 2 is 1.10 bits per heavy atom. The molecule has 0 radical (unpaired) electrons. The average molecular weight is 446 g/mol. The normalized spacial score (nSPS) is 14.6. The van der Waals surface area contributed by atoms with Gasteiger partial charge in [0.1, 0.15) is 18.1 Å². The van der Waals surface area contributed by atoms with Crippen LogP contribution in [-0.4, -0.2) is 75.1 Å². The number of carbonyl (C=O) groups excluding carboxylic acids is 3. The van der Waals surface area contributed by atoms with E-state index in [-0.39, 0.29) is 12.8 Å². The number of amides is 3. The predicted molar refractivity (Wildman–Crippen MR) is 106 cm³/mol. The maximum Gasteiger partial charge on any atom is 0.326 e. The van der Waals surface area contributed by atoms with Crippen molar-refractivity contribution < 1.29 is 44.1 Å². The molecule has 0 saturated carbocycles. The molecule has 0 aromatic carbocycles. The zero-order chi connectivity index (χ0) is 24.3. The van der Waals surface area contributed by atoms with Crippen LogP contribution in [0.5, 0.6) is 0 Å². The van der Waals surface area contributed by atoms with Gasteiger partial charge in [-0.3, -0.25) is 24.0 Å². The molecule has 0 aliphatic heterocycles. The summed E-state index contributed by atoms with van der Waals surface area (Å²) in [6.07, 6.45) is -1.65. The summed E-state index contributed by atoms with van der Waals surface area (Å²) in [6, 6.07) is -5.05. The molecule has 0 spiro atoms. The molecule has 0 fully saturated rings. The van der Waals surface area contributed by atoms with Gasteiger partial charge in [0.15, 0.2) is 0 Å². The first-order chi connectivity index (χ1) is 14.3. The lowest BCUT2D eigenvalue weighted by Gasteiger charge is -2.25. The lowest BCUT2D eigenvalue weighted by molar-refractivity contribution is -0.144. The van der Waals surface area contributed by atoms with E-state index >= 15 is 0 Å². The quantitative estimate of drug-likeness (QED) is 0.159. The Labute approximate surface area is 178 Å². The van der Waals surface area contributed by atoms with Crippen molar-refractivity contribution in [3.8, 4) is 0 Å². The zero-order valence-corrected chi connectivity index (χ0v) is 17.6. The number of hydrogen-bond donors (Lipinski definition) is 7. The van der Waals surface area contributed by atoms with Gasteiger partial charge in [-0.15, -0.1) is 0 Å². The van der Waals surface area contributed by atoms with E-state index in [9.17, 15) is 33.9 Å². The van der Waals surface area contributed by atoms with Gasteiger partial charge < -0.3 is 37.0 Å². The largest absolute Gasteiger partial charge is 0.481 e. The van der Waals surface area contributed by atoms with Crippen molar-refractivity contribution in [3.63, 3.8) is 0 Å². The zero-order valence-electron chi connectivity index (χ0n) is 17.6. The van der Waals surface area contributed by atoms with Crippen molar-refractivity contribution in [2.75, 3.05) is 0 Å². The molecule has 0 aromatic heterocycles. The minimum absolute atomic E-state index is 0.309. The molecule has 8 N–H and O–H groups in total. The Bertz CT molecular complexity index is 694. The van der Waals surface area contributed by atoms with Crippen molar-refractivity contribution in [1.82, 2.24) is 16.0 Å². The molecule has 0 aliphatic carbocycles. The van der Waals surface area contributed by atoms with Crippen LogP contribution >= 0.6 is 0 Å². The van der Waals surface area contributed by atoms with Gasteiger partial charge in [0.2, 0.25) is 17.7 Å². The number of hydrogen-bond acceptors (Lipinski definition) is 7. The first-order valence-corrected chi connectivity index (χ1v) is 9.59. The Kier molecular flexibility index (Phi) is 11.8. The second kappa shape index (κ2) is 13.2. The van der Waals surface area contributed by atoms with Gasteiger partial charge in [0.25, 0.3) is 0 Å². The average Bonchev–Trinajstić information content (AvgIpc) is 2.64. The van der Waals surface area contributed by atoms with Crippen molar-refractivity contribution in [1.29, 1.82) is 0 Å². The number of aliphatic carboxylic acids is 3. The fraction of sp³-hybridized carbons (Fsp3) is 0.667. The number of nitrogens with two attached hydrogens (primary N) is 1. The number of carboxylic acids is 3. The van der Waals surface area contributed by atoms with Crippen molar-refractivity contribution in [3.05, 3.63) is 0 Å². The molecule has 3 amide bonds. The molecule has 31 heavy (non-hydrogen) atoms. The maximum atomic E-state index is 12.6. The van der Waals surface area contributed by atoms with Crippen LogP contribution in [0.15, 0.2) is 0 Å². The molecule has 0 unspecified atom stereocenters. The maximum absolute atomic E-state index is 12.6. The number of carbonyl (C=O) groups is 6. The summed E-state index contributed by atoms with van der Waals surface area (Å²) in [5.74, 6) is -6.88. The second-order valence-corrected chi connectivity index (χ2v) is 7.34. The number of carboxylic acid groups (broad SMARTS) is 3. The first kappa shape index (κ1) is 27.8. The Morgan fingerprint density at radius 3 is 1.42 bits per heavy atom. The predicted octanol–water partition coefficient (Wildman–Crippen LogP) is -1.74. The van der Waals surface area contributed by atoms with Gasteiger partial charge in [0, 0.05) is 12.8 Å². The molecular formula is C18H30N4O9. The fourth-order valence-electron chi connectivity index (χ4n) is 2.42. The highest BCUT2D eigenvalue weighted by atomic mass is 16.4. The third-order valence-electron chi connectivity index (χ3n) is 4.20. The highest BCUT2D eigenvalue weighted by Gasteiger charge is 2.31. The molecule has 0 rings (SSSR count). The van der Waals surface area contributed by atoms with Gasteiger partial charge in [-0.2, -0.15) is 0 Å². The number of nitrogens with one attached hydrogen (secondary N) is 3. The molecule has 0 aromatic rings. The molecule has 13 nitrogen and oxygen atoms in total. The lowest BCUT2D eigenvalue weighted by Crippen LogP contribution is -2.57. The number of rotatable bonds is 14. The fourth-order valence-corrected chi connectivity index (χ4v) is 2.42. The second-order valence-electron chi connectivity index (χ2n) is 7.34. The minimum atomic E-state index is -1.43. The van der Waals surface area contributed by atoms with E-state index in [2.05, 4.69) is 16.0 Å². The van der Waals surface area contributed by atoms with E-state index in [0.29, 0.717) is 0 Å². The Hall–Kier alpha value is -3.22. The summed E-state index contributed by atoms with van der Waals surface area (Å²) in [6.45, 7) is 4.45. The van der Waals surface area contributed by atoms with Gasteiger partial charge in [-0.1, -0.05) is 13.8 Å². The van der Waals surface area contributed by atoms with Crippen LogP contribution < -0.4 is 21.7 Å². The minimum Gasteiger partial charge on any atom is -0.481 e. The van der Waals surface area contributed by atoms with Gasteiger partial charge in [0.05, 0.1) is 6.04 Å². The molecule has 0 aliphatic rings. The van der Waals surface area contributed by atoms with Gasteiger partial charge >= 0.3 is 17.9 Å².